The number of methoxy groups -OCH3 is 2. The fourth-order valence-electron chi connectivity index (χ4n) is 12.3. The predicted molar refractivity (Wildman–Crippen MR) is 243 cm³/mol. The Labute approximate surface area is 391 Å². The Hall–Kier alpha value is -5.80. The van der Waals surface area contributed by atoms with Crippen LogP contribution >= 0.6 is 0 Å². The van der Waals surface area contributed by atoms with E-state index in [0.717, 1.165) is 86.5 Å². The molecule has 2 aromatic rings. The van der Waals surface area contributed by atoms with Crippen LogP contribution in [0.4, 0.5) is 9.59 Å². The van der Waals surface area contributed by atoms with E-state index < -0.39 is 67.3 Å². The number of esters is 2. The lowest BCUT2D eigenvalue weighted by Gasteiger charge is -2.37. The van der Waals surface area contributed by atoms with Gasteiger partial charge in [0, 0.05) is 23.2 Å². The van der Waals surface area contributed by atoms with Crippen molar-refractivity contribution in [2.45, 2.75) is 141 Å². The molecule has 0 radical (unpaired) electrons. The molecule has 0 unspecified atom stereocenters. The number of carbonyl (C=O) groups is 8. The van der Waals surface area contributed by atoms with E-state index >= 15 is 0 Å². The van der Waals surface area contributed by atoms with Crippen LogP contribution in [0.5, 0.6) is 0 Å². The minimum absolute atomic E-state index is 0.0334. The van der Waals surface area contributed by atoms with Crippen LogP contribution < -0.4 is 10.6 Å². The standard InChI is InChI=1S/C51H64N4O12/c1-27(2)41(52-49(62)64-5)45(58)54-33-15-13-31(21-33)43(54)47(60)66-25-39(56)30-11-9-29(10-12-30)35-17-18-36(38-24-51(23-37(35)38)19-7-8-20-51)40(57)26-67-48(61)44-32-14-16-34(22-32)55(44)46(59)42(28(3)4)53-50(63)65-6/h9-12,17-18,27-28,31-34,41-44H,7-8,13-16,19-26H2,1-6H3,(H,52,62)(H,53,63)/t31-,32-,33+,34+,41-,42-,43-,44-/m0/s1. The highest BCUT2D eigenvalue weighted by molar-refractivity contribution is 6.02. The molecule has 16 heteroatoms. The number of hydrogen-bond acceptors (Lipinski definition) is 12. The predicted octanol–water partition coefficient (Wildman–Crippen LogP) is 5.98. The largest absolute Gasteiger partial charge is 0.456 e. The van der Waals surface area contributed by atoms with Crippen LogP contribution in [0.1, 0.15) is 124 Å². The number of likely N-dealkylation sites (tertiary alicyclic amines) is 2. The number of rotatable bonds is 15. The quantitative estimate of drug-likeness (QED) is 0.120. The molecule has 5 fully saturated rings. The molecule has 2 N–H and O–H groups in total. The summed E-state index contributed by atoms with van der Waals surface area (Å²) in [5.74, 6) is -3.42. The lowest BCUT2D eigenvalue weighted by Crippen LogP contribution is -2.58. The molecule has 3 saturated carbocycles. The first kappa shape index (κ1) is 47.7. The van der Waals surface area contributed by atoms with Crippen molar-refractivity contribution in [3.05, 3.63) is 58.7 Å². The van der Waals surface area contributed by atoms with E-state index in [1.165, 1.54) is 14.2 Å². The number of carbonyl (C=O) groups excluding carboxylic acids is 8. The molecule has 2 heterocycles. The summed E-state index contributed by atoms with van der Waals surface area (Å²) < 4.78 is 20.9. The fourth-order valence-corrected chi connectivity index (χ4v) is 12.3. The van der Waals surface area contributed by atoms with Gasteiger partial charge in [-0.05, 0) is 116 Å². The number of piperidine rings is 2. The Morgan fingerprint density at radius 1 is 0.627 bits per heavy atom. The first-order valence-corrected chi connectivity index (χ1v) is 24.0. The molecule has 0 aromatic heterocycles. The number of ether oxygens (including phenoxy) is 4. The Morgan fingerprint density at radius 3 is 1.58 bits per heavy atom. The lowest BCUT2D eigenvalue weighted by molar-refractivity contribution is -0.157. The summed E-state index contributed by atoms with van der Waals surface area (Å²) in [5.41, 5.74) is 4.74. The van der Waals surface area contributed by atoms with Crippen molar-refractivity contribution in [2.24, 2.45) is 29.1 Å². The van der Waals surface area contributed by atoms with E-state index in [1.807, 2.05) is 32.0 Å². The van der Waals surface area contributed by atoms with Gasteiger partial charge in [0.15, 0.2) is 19.0 Å². The van der Waals surface area contributed by atoms with E-state index in [1.54, 1.807) is 41.8 Å². The maximum Gasteiger partial charge on any atom is 0.407 e. The van der Waals surface area contributed by atoms with Crippen LogP contribution in [0.25, 0.3) is 11.1 Å². The topological polar surface area (TPSA) is 204 Å². The molecule has 4 bridgehead atoms. The van der Waals surface area contributed by atoms with Crippen LogP contribution in [0.2, 0.25) is 0 Å². The van der Waals surface area contributed by atoms with Crippen molar-refractivity contribution in [1.29, 1.82) is 0 Å². The van der Waals surface area contributed by atoms with E-state index in [9.17, 15) is 38.4 Å². The Morgan fingerprint density at radius 2 is 1.10 bits per heavy atom. The molecule has 8 rings (SSSR count). The number of nitrogens with zero attached hydrogens (tertiary/aromatic N) is 2. The number of fused-ring (bicyclic) bond motifs is 5. The molecule has 4 aliphatic carbocycles. The molecular formula is C51H64N4O12. The van der Waals surface area contributed by atoms with Crippen LogP contribution in [0.3, 0.4) is 0 Å². The molecule has 2 saturated heterocycles. The Kier molecular flexibility index (Phi) is 13.8. The second kappa shape index (κ2) is 19.4. The van der Waals surface area contributed by atoms with Gasteiger partial charge in [-0.15, -0.1) is 0 Å². The van der Waals surface area contributed by atoms with Crippen LogP contribution in [0.15, 0.2) is 36.4 Å². The number of nitrogens with one attached hydrogen (secondary N) is 2. The molecule has 2 aromatic carbocycles. The normalized spacial score (nSPS) is 25.0. The van der Waals surface area contributed by atoms with Gasteiger partial charge in [0.05, 0.1) is 14.2 Å². The van der Waals surface area contributed by atoms with Gasteiger partial charge in [0.2, 0.25) is 17.6 Å². The van der Waals surface area contributed by atoms with E-state index in [4.69, 9.17) is 18.9 Å². The number of alkyl carbamates (subject to hydrolysis) is 2. The van der Waals surface area contributed by atoms with Crippen LogP contribution in [0, 0.1) is 29.1 Å². The minimum Gasteiger partial charge on any atom is -0.456 e. The summed E-state index contributed by atoms with van der Waals surface area (Å²) in [4.78, 5) is 110. The summed E-state index contributed by atoms with van der Waals surface area (Å²) in [6.45, 7) is 6.28. The number of ketones is 2. The summed E-state index contributed by atoms with van der Waals surface area (Å²) in [7, 11) is 2.45. The molecule has 360 valence electrons. The van der Waals surface area contributed by atoms with Gasteiger partial charge in [0.25, 0.3) is 0 Å². The van der Waals surface area contributed by atoms with Gasteiger partial charge in [-0.2, -0.15) is 0 Å². The number of amides is 4. The van der Waals surface area contributed by atoms with Crippen LogP contribution in [-0.4, -0.2) is 121 Å². The van der Waals surface area contributed by atoms with E-state index in [-0.39, 0.29) is 58.8 Å². The lowest BCUT2D eigenvalue weighted by atomic mass is 9.82. The molecule has 2 aliphatic heterocycles. The smallest absolute Gasteiger partial charge is 0.407 e. The zero-order valence-corrected chi connectivity index (χ0v) is 39.4. The molecule has 1 spiro atoms. The first-order valence-electron chi connectivity index (χ1n) is 24.0. The van der Waals surface area contributed by atoms with Gasteiger partial charge in [-0.25, -0.2) is 19.2 Å². The summed E-state index contributed by atoms with van der Waals surface area (Å²) in [6, 6.07) is 7.06. The summed E-state index contributed by atoms with van der Waals surface area (Å²) in [6.07, 6.45) is 8.71. The first-order chi connectivity index (χ1) is 32.0. The van der Waals surface area contributed by atoms with Crippen molar-refractivity contribution in [3.63, 3.8) is 0 Å². The van der Waals surface area contributed by atoms with Gasteiger partial charge in [-0.3, -0.25) is 19.2 Å². The highest BCUT2D eigenvalue weighted by Gasteiger charge is 2.55. The van der Waals surface area contributed by atoms with E-state index in [2.05, 4.69) is 10.6 Å². The van der Waals surface area contributed by atoms with Crippen molar-refractivity contribution in [2.75, 3.05) is 27.4 Å². The average molecular weight is 925 g/mol. The molecule has 16 nitrogen and oxygen atoms in total. The van der Waals surface area contributed by atoms with E-state index in [0.29, 0.717) is 24.0 Å². The number of hydrogen-bond donors (Lipinski definition) is 2. The van der Waals surface area contributed by atoms with Crippen LogP contribution in [-0.2, 0) is 51.0 Å². The molecule has 6 aliphatic rings. The average Bonchev–Trinajstić information content (AvgIpc) is 4.21. The second-order valence-corrected chi connectivity index (χ2v) is 20.4. The maximum absolute atomic E-state index is 14.1. The Bertz CT molecular complexity index is 2300. The van der Waals surface area contributed by atoms with Crippen molar-refractivity contribution >= 4 is 47.5 Å². The highest BCUT2D eigenvalue weighted by Crippen LogP contribution is 2.52. The van der Waals surface area contributed by atoms with Gasteiger partial charge >= 0.3 is 24.1 Å². The summed E-state index contributed by atoms with van der Waals surface area (Å²) in [5, 5.41) is 5.23. The van der Waals surface area contributed by atoms with Gasteiger partial charge < -0.3 is 39.4 Å². The van der Waals surface area contributed by atoms with Crippen molar-refractivity contribution in [1.82, 2.24) is 20.4 Å². The third-order valence-corrected chi connectivity index (χ3v) is 15.7. The second-order valence-electron chi connectivity index (χ2n) is 20.4. The number of benzene rings is 2. The maximum atomic E-state index is 14.1. The molecule has 4 amide bonds. The third-order valence-electron chi connectivity index (χ3n) is 15.7. The molecule has 67 heavy (non-hydrogen) atoms. The van der Waals surface area contributed by atoms with Gasteiger partial charge in [-0.1, -0.05) is 76.9 Å². The zero-order valence-electron chi connectivity index (χ0n) is 39.4. The number of Topliss-reactive ketones (excluding diaryl/α,β-unsaturated/α-hetero) is 2. The molecule has 8 atom stereocenters. The SMILES string of the molecule is COC(=O)N[C@H](C(=O)N1[C@@H]2CC[C@@H](C2)[C@H]1C(=O)OCC(=O)c1ccc(-c2ccc(C(=O)COC(=O)[C@@H]3[C@H]4CC[C@H](C4)N3C(=O)[C@@H](NC(=O)OC)C(C)C)c3c2CC2(CCCC2)C3)cc1)C(C)C. The monoisotopic (exact) mass is 924 g/mol. The van der Waals surface area contributed by atoms with Crippen molar-refractivity contribution in [3.8, 4) is 11.1 Å². The minimum atomic E-state index is -0.889. The van der Waals surface area contributed by atoms with Gasteiger partial charge in [0.1, 0.15) is 24.2 Å². The molecular weight excluding hydrogens is 861 g/mol. The highest BCUT2D eigenvalue weighted by atomic mass is 16.6. The summed E-state index contributed by atoms with van der Waals surface area (Å²) >= 11 is 0. The van der Waals surface area contributed by atoms with Crippen molar-refractivity contribution < 1.29 is 57.3 Å². The third kappa shape index (κ3) is 9.28. The Balaban J connectivity index is 0.936. The zero-order chi connectivity index (χ0) is 47.9. The fraction of sp³-hybridized carbons (Fsp3) is 0.608.